The van der Waals surface area contributed by atoms with Gasteiger partial charge in [-0.15, -0.1) is 0 Å². The first-order chi connectivity index (χ1) is 10.3. The van der Waals surface area contributed by atoms with Crippen molar-refractivity contribution in [2.45, 2.75) is 26.4 Å². The molecule has 0 aromatic carbocycles. The van der Waals surface area contributed by atoms with Crippen LogP contribution in [0.5, 0.6) is 0 Å². The number of rotatable bonds is 1. The largest absolute Gasteiger partial charge is 0.442 e. The predicted molar refractivity (Wildman–Crippen MR) is 81.8 cm³/mol. The number of fused-ring (bicyclic) bond motifs is 1. The molecule has 3 aromatic heterocycles. The van der Waals surface area contributed by atoms with E-state index in [4.69, 9.17) is 16.3 Å². The molecule has 8 heteroatoms. The van der Waals surface area contributed by atoms with Crippen molar-refractivity contribution in [2.75, 3.05) is 0 Å². The summed E-state index contributed by atoms with van der Waals surface area (Å²) < 4.78 is 6.56. The van der Waals surface area contributed by atoms with Crippen molar-refractivity contribution >= 4 is 28.6 Å². The quantitative estimate of drug-likeness (QED) is 0.696. The highest BCUT2D eigenvalue weighted by molar-refractivity contribution is 6.30. The van der Waals surface area contributed by atoms with E-state index in [0.717, 1.165) is 5.56 Å². The third-order valence-corrected chi connectivity index (χ3v) is 3.08. The fourth-order valence-corrected chi connectivity index (χ4v) is 2.18. The van der Waals surface area contributed by atoms with Gasteiger partial charge in [0.1, 0.15) is 16.4 Å². The van der Waals surface area contributed by atoms with Crippen LogP contribution in [0.15, 0.2) is 24.7 Å². The molecule has 0 fully saturated rings. The molecule has 7 nitrogen and oxygen atoms in total. The summed E-state index contributed by atoms with van der Waals surface area (Å²) in [4.78, 5) is 16.4. The van der Waals surface area contributed by atoms with Gasteiger partial charge in [0.2, 0.25) is 0 Å². The van der Waals surface area contributed by atoms with Crippen molar-refractivity contribution in [3.8, 4) is 11.3 Å². The Labute approximate surface area is 131 Å². The summed E-state index contributed by atoms with van der Waals surface area (Å²) in [6, 6.07) is 1.66. The van der Waals surface area contributed by atoms with Crippen LogP contribution in [0.25, 0.3) is 22.2 Å². The second-order valence-corrected chi connectivity index (χ2v) is 6.14. The van der Waals surface area contributed by atoms with Crippen molar-refractivity contribution < 1.29 is 9.53 Å². The Morgan fingerprint density at radius 1 is 1.36 bits per heavy atom. The third kappa shape index (κ3) is 2.67. The minimum atomic E-state index is -0.620. The van der Waals surface area contributed by atoms with Crippen molar-refractivity contribution in [1.82, 2.24) is 25.0 Å². The topological polar surface area (TPSA) is 85.7 Å². The third-order valence-electron chi connectivity index (χ3n) is 2.87. The normalized spacial score (nSPS) is 11.8. The molecule has 0 amide bonds. The number of aromatic nitrogens is 5. The predicted octanol–water partition coefficient (Wildman–Crippen LogP) is 3.26. The second-order valence-electron chi connectivity index (χ2n) is 5.75. The van der Waals surface area contributed by atoms with Gasteiger partial charge in [0.25, 0.3) is 0 Å². The van der Waals surface area contributed by atoms with Crippen LogP contribution >= 0.6 is 11.6 Å². The zero-order chi connectivity index (χ0) is 15.9. The molecule has 1 N–H and O–H groups in total. The first-order valence-corrected chi connectivity index (χ1v) is 7.00. The summed E-state index contributed by atoms with van der Waals surface area (Å²) in [6.07, 6.45) is 4.24. The zero-order valence-electron chi connectivity index (χ0n) is 12.3. The molecule has 0 atom stereocenters. The van der Waals surface area contributed by atoms with Crippen molar-refractivity contribution in [3.05, 3.63) is 29.8 Å². The molecule has 0 aliphatic carbocycles. The fourth-order valence-electron chi connectivity index (χ4n) is 2.03. The van der Waals surface area contributed by atoms with E-state index in [2.05, 4.69) is 20.3 Å². The number of carbonyl (C=O) groups excluding carboxylic acids is 1. The van der Waals surface area contributed by atoms with Crippen molar-refractivity contribution in [2.24, 2.45) is 0 Å². The van der Waals surface area contributed by atoms with Crippen LogP contribution in [-0.2, 0) is 4.74 Å². The van der Waals surface area contributed by atoms with E-state index in [1.807, 2.05) is 0 Å². The highest BCUT2D eigenvalue weighted by Crippen LogP contribution is 2.29. The number of carbonyl (C=O) groups is 1. The first kappa shape index (κ1) is 14.5. The number of halogens is 1. The lowest BCUT2D eigenvalue weighted by molar-refractivity contribution is 0.0523. The first-order valence-electron chi connectivity index (χ1n) is 6.62. The van der Waals surface area contributed by atoms with Crippen LogP contribution in [-0.4, -0.2) is 36.7 Å². The van der Waals surface area contributed by atoms with Crippen LogP contribution in [0.2, 0.25) is 5.15 Å². The number of nitrogens with one attached hydrogen (secondary N) is 1. The lowest BCUT2D eigenvalue weighted by Crippen LogP contribution is -2.27. The number of hydrogen-bond acceptors (Lipinski definition) is 5. The smallest absolute Gasteiger partial charge is 0.435 e. The van der Waals surface area contributed by atoms with E-state index < -0.39 is 11.7 Å². The van der Waals surface area contributed by atoms with Gasteiger partial charge in [0.05, 0.1) is 17.9 Å². The average molecular weight is 320 g/mol. The minimum absolute atomic E-state index is 0.320. The summed E-state index contributed by atoms with van der Waals surface area (Å²) in [6.45, 7) is 5.38. The van der Waals surface area contributed by atoms with Gasteiger partial charge in [0, 0.05) is 17.1 Å². The molecule has 0 radical (unpaired) electrons. The number of H-pyrrole nitrogens is 1. The Hall–Kier alpha value is -2.41. The molecule has 0 aliphatic heterocycles. The lowest BCUT2D eigenvalue weighted by Gasteiger charge is -2.19. The molecule has 0 saturated carbocycles. The Bertz CT molecular complexity index is 833. The SMILES string of the molecule is CC(C)(C)OC(=O)n1nc(-c2cn[nH]c2)c2cc(Cl)ncc21. The van der Waals surface area contributed by atoms with E-state index in [1.54, 1.807) is 39.2 Å². The number of nitrogens with zero attached hydrogens (tertiary/aromatic N) is 4. The molecular formula is C14H14ClN5O2. The van der Waals surface area contributed by atoms with E-state index in [-0.39, 0.29) is 0 Å². The van der Waals surface area contributed by atoms with Crippen LogP contribution in [0.4, 0.5) is 4.79 Å². The van der Waals surface area contributed by atoms with E-state index in [0.29, 0.717) is 21.7 Å². The van der Waals surface area contributed by atoms with Crippen LogP contribution < -0.4 is 0 Å². The maximum atomic E-state index is 12.3. The zero-order valence-corrected chi connectivity index (χ0v) is 13.0. The fraction of sp³-hybridized carbons (Fsp3) is 0.286. The minimum Gasteiger partial charge on any atom is -0.442 e. The summed E-state index contributed by atoms with van der Waals surface area (Å²) in [7, 11) is 0. The number of hydrogen-bond donors (Lipinski definition) is 1. The summed E-state index contributed by atoms with van der Waals surface area (Å²) in [5.74, 6) is 0. The second kappa shape index (κ2) is 5.10. The lowest BCUT2D eigenvalue weighted by atomic mass is 10.2. The Morgan fingerprint density at radius 3 is 2.77 bits per heavy atom. The maximum Gasteiger partial charge on any atom is 0.435 e. The number of aromatic amines is 1. The standard InChI is InChI=1S/C14H14ClN5O2/c1-14(2,3)22-13(21)20-10-7-16-11(15)4-9(10)12(19-20)8-5-17-18-6-8/h4-7H,1-3H3,(H,17,18). The van der Waals surface area contributed by atoms with E-state index in [9.17, 15) is 4.79 Å². The number of pyridine rings is 1. The molecule has 0 saturated heterocycles. The monoisotopic (exact) mass is 319 g/mol. The van der Waals surface area contributed by atoms with Crippen LogP contribution in [0, 0.1) is 0 Å². The molecule has 3 heterocycles. The average Bonchev–Trinajstić information content (AvgIpc) is 3.02. The van der Waals surface area contributed by atoms with Crippen molar-refractivity contribution in [3.63, 3.8) is 0 Å². The highest BCUT2D eigenvalue weighted by Gasteiger charge is 2.23. The summed E-state index contributed by atoms with van der Waals surface area (Å²) in [5, 5.41) is 12.0. The molecule has 114 valence electrons. The molecular weight excluding hydrogens is 306 g/mol. The van der Waals surface area contributed by atoms with Crippen molar-refractivity contribution in [1.29, 1.82) is 0 Å². The molecule has 0 spiro atoms. The molecule has 0 bridgehead atoms. The molecule has 3 aromatic rings. The Kier molecular flexibility index (Phi) is 3.37. The summed E-state index contributed by atoms with van der Waals surface area (Å²) >= 11 is 5.96. The van der Waals surface area contributed by atoms with E-state index in [1.165, 1.54) is 10.9 Å². The van der Waals surface area contributed by atoms with Gasteiger partial charge < -0.3 is 4.74 Å². The van der Waals surface area contributed by atoms with Crippen LogP contribution in [0.1, 0.15) is 20.8 Å². The van der Waals surface area contributed by atoms with Gasteiger partial charge in [-0.3, -0.25) is 5.10 Å². The van der Waals surface area contributed by atoms with Crippen LogP contribution in [0.3, 0.4) is 0 Å². The molecule has 22 heavy (non-hydrogen) atoms. The van der Waals surface area contributed by atoms with Gasteiger partial charge in [0.15, 0.2) is 0 Å². The number of ether oxygens (including phenoxy) is 1. The summed E-state index contributed by atoms with van der Waals surface area (Å²) in [5.41, 5.74) is 1.23. The Morgan fingerprint density at radius 2 is 2.14 bits per heavy atom. The van der Waals surface area contributed by atoms with E-state index >= 15 is 0 Å². The molecule has 0 aliphatic rings. The van der Waals surface area contributed by atoms with Gasteiger partial charge >= 0.3 is 6.09 Å². The van der Waals surface area contributed by atoms with Gasteiger partial charge in [-0.1, -0.05) is 11.6 Å². The maximum absolute atomic E-state index is 12.3. The molecule has 0 unspecified atom stereocenters. The Balaban J connectivity index is 2.18. The van der Waals surface area contributed by atoms with Gasteiger partial charge in [-0.05, 0) is 26.8 Å². The highest BCUT2D eigenvalue weighted by atomic mass is 35.5. The van der Waals surface area contributed by atoms with Gasteiger partial charge in [-0.25, -0.2) is 9.78 Å². The molecule has 3 rings (SSSR count). The van der Waals surface area contributed by atoms with Gasteiger partial charge in [-0.2, -0.15) is 14.9 Å².